The topological polar surface area (TPSA) is 24.5 Å². The van der Waals surface area contributed by atoms with E-state index in [9.17, 15) is 0 Å². The Bertz CT molecular complexity index is 369. The molecule has 0 atom stereocenters. The number of nitrogens with one attached hydrogen (secondary N) is 1. The first kappa shape index (κ1) is 15.3. The van der Waals surface area contributed by atoms with Crippen LogP contribution in [-0.2, 0) is 11.3 Å². The van der Waals surface area contributed by atoms with Crippen LogP contribution in [-0.4, -0.2) is 33.4 Å². The van der Waals surface area contributed by atoms with Gasteiger partial charge in [-0.25, -0.2) is 0 Å². The maximum absolute atomic E-state index is 6.07. The maximum atomic E-state index is 6.07. The van der Waals surface area contributed by atoms with Gasteiger partial charge in [-0.05, 0) is 44.7 Å². The Hall–Kier alpha value is -0.770. The highest BCUT2D eigenvalue weighted by Crippen LogP contribution is 2.25. The highest BCUT2D eigenvalue weighted by molar-refractivity contribution is 6.30. The number of hydrogen-bond acceptors (Lipinski definition) is 3. The Morgan fingerprint density at radius 1 is 1.39 bits per heavy atom. The molecule has 0 spiro atoms. The van der Waals surface area contributed by atoms with E-state index in [-0.39, 0.29) is 0 Å². The van der Waals surface area contributed by atoms with Gasteiger partial charge in [-0.2, -0.15) is 0 Å². The average molecular weight is 271 g/mol. The van der Waals surface area contributed by atoms with Crippen LogP contribution in [0.5, 0.6) is 0 Å². The summed E-state index contributed by atoms with van der Waals surface area (Å²) < 4.78 is 5.18. The fourth-order valence-electron chi connectivity index (χ4n) is 2.01. The molecule has 0 fully saturated rings. The second-order valence-electron chi connectivity index (χ2n) is 4.58. The van der Waals surface area contributed by atoms with E-state index in [0.717, 1.165) is 24.7 Å². The van der Waals surface area contributed by atoms with E-state index in [1.807, 2.05) is 19.2 Å². The minimum Gasteiger partial charge on any atom is -0.383 e. The zero-order chi connectivity index (χ0) is 13.5. The summed E-state index contributed by atoms with van der Waals surface area (Å²) in [6.07, 6.45) is 0. The van der Waals surface area contributed by atoms with Crippen LogP contribution >= 0.6 is 11.6 Å². The summed E-state index contributed by atoms with van der Waals surface area (Å²) in [5.41, 5.74) is 2.44. The molecule has 18 heavy (non-hydrogen) atoms. The second-order valence-corrected chi connectivity index (χ2v) is 5.02. The molecule has 0 radical (unpaired) electrons. The normalized spacial score (nSPS) is 11.0. The molecule has 0 amide bonds. The molecule has 0 saturated carbocycles. The van der Waals surface area contributed by atoms with Gasteiger partial charge < -0.3 is 15.0 Å². The van der Waals surface area contributed by atoms with E-state index in [0.29, 0.717) is 6.04 Å². The lowest BCUT2D eigenvalue weighted by atomic mass is 10.1. The van der Waals surface area contributed by atoms with Crippen molar-refractivity contribution in [2.75, 3.05) is 32.2 Å². The van der Waals surface area contributed by atoms with E-state index >= 15 is 0 Å². The summed E-state index contributed by atoms with van der Waals surface area (Å²) in [4.78, 5) is 2.34. The highest BCUT2D eigenvalue weighted by Gasteiger charge is 2.14. The van der Waals surface area contributed by atoms with Crippen molar-refractivity contribution in [1.82, 2.24) is 5.32 Å². The average Bonchev–Trinajstić information content (AvgIpc) is 2.32. The molecule has 1 rings (SSSR count). The third-order valence-corrected chi connectivity index (χ3v) is 3.11. The van der Waals surface area contributed by atoms with Crippen LogP contribution in [0.1, 0.15) is 19.4 Å². The molecule has 0 unspecified atom stereocenters. The molecular weight excluding hydrogens is 248 g/mol. The molecule has 102 valence electrons. The third-order valence-electron chi connectivity index (χ3n) is 2.88. The van der Waals surface area contributed by atoms with E-state index in [1.165, 1.54) is 11.3 Å². The van der Waals surface area contributed by atoms with Crippen LogP contribution in [0.2, 0.25) is 5.02 Å². The smallest absolute Gasteiger partial charge is 0.0637 e. The molecule has 1 N–H and O–H groups in total. The molecule has 3 nitrogen and oxygen atoms in total. The quantitative estimate of drug-likeness (QED) is 0.825. The van der Waals surface area contributed by atoms with Gasteiger partial charge in [-0.15, -0.1) is 0 Å². The lowest BCUT2D eigenvalue weighted by molar-refractivity contribution is 0.204. The molecule has 0 saturated heterocycles. The van der Waals surface area contributed by atoms with Gasteiger partial charge in [-0.3, -0.25) is 0 Å². The Morgan fingerprint density at radius 3 is 2.67 bits per heavy atom. The molecular formula is C14H23ClN2O. The van der Waals surface area contributed by atoms with Gasteiger partial charge in [0.2, 0.25) is 0 Å². The number of rotatable bonds is 7. The predicted molar refractivity (Wildman–Crippen MR) is 78.6 cm³/mol. The van der Waals surface area contributed by atoms with Crippen LogP contribution in [0.4, 0.5) is 5.69 Å². The van der Waals surface area contributed by atoms with Crippen LogP contribution in [0, 0.1) is 0 Å². The zero-order valence-corrected chi connectivity index (χ0v) is 12.4. The Morgan fingerprint density at radius 2 is 2.11 bits per heavy atom. The minimum absolute atomic E-state index is 0.428. The summed E-state index contributed by atoms with van der Waals surface area (Å²) in [7, 11) is 3.68. The van der Waals surface area contributed by atoms with E-state index in [2.05, 4.69) is 30.1 Å². The van der Waals surface area contributed by atoms with Gasteiger partial charge in [0.05, 0.1) is 6.61 Å². The Balaban J connectivity index is 3.01. The Labute approximate surface area is 115 Å². The fraction of sp³-hybridized carbons (Fsp3) is 0.571. The molecule has 0 bridgehead atoms. The van der Waals surface area contributed by atoms with Crippen LogP contribution in [0.15, 0.2) is 18.2 Å². The first-order valence-electron chi connectivity index (χ1n) is 6.28. The molecule has 1 aromatic rings. The van der Waals surface area contributed by atoms with Crippen molar-refractivity contribution in [3.05, 3.63) is 28.8 Å². The van der Waals surface area contributed by atoms with Crippen molar-refractivity contribution in [2.24, 2.45) is 0 Å². The molecule has 0 aliphatic carbocycles. The zero-order valence-electron chi connectivity index (χ0n) is 11.7. The van der Waals surface area contributed by atoms with Crippen molar-refractivity contribution in [1.29, 1.82) is 0 Å². The summed E-state index contributed by atoms with van der Waals surface area (Å²) in [5, 5.41) is 3.96. The second kappa shape index (κ2) is 7.62. The predicted octanol–water partition coefficient (Wildman–Crippen LogP) is 2.92. The van der Waals surface area contributed by atoms with Crippen LogP contribution in [0.25, 0.3) is 0 Å². The lowest BCUT2D eigenvalue weighted by Gasteiger charge is -2.31. The van der Waals surface area contributed by atoms with Gasteiger partial charge in [0.15, 0.2) is 0 Å². The first-order chi connectivity index (χ1) is 8.60. The van der Waals surface area contributed by atoms with Crippen LogP contribution < -0.4 is 10.2 Å². The van der Waals surface area contributed by atoms with Crippen molar-refractivity contribution < 1.29 is 4.74 Å². The van der Waals surface area contributed by atoms with Crippen molar-refractivity contribution in [3.63, 3.8) is 0 Å². The SMILES string of the molecule is CNCc1cc(Cl)ccc1N(CCOC)C(C)C. The summed E-state index contributed by atoms with van der Waals surface area (Å²) >= 11 is 6.07. The van der Waals surface area contributed by atoms with Crippen molar-refractivity contribution >= 4 is 17.3 Å². The molecule has 0 aromatic heterocycles. The largest absolute Gasteiger partial charge is 0.383 e. The number of nitrogens with zero attached hydrogens (tertiary/aromatic N) is 1. The van der Waals surface area contributed by atoms with Crippen molar-refractivity contribution in [3.8, 4) is 0 Å². The maximum Gasteiger partial charge on any atom is 0.0637 e. The van der Waals surface area contributed by atoms with E-state index in [4.69, 9.17) is 16.3 Å². The fourth-order valence-corrected chi connectivity index (χ4v) is 2.21. The van der Waals surface area contributed by atoms with Crippen molar-refractivity contribution in [2.45, 2.75) is 26.4 Å². The van der Waals surface area contributed by atoms with E-state index < -0.39 is 0 Å². The number of halogens is 1. The number of benzene rings is 1. The number of methoxy groups -OCH3 is 1. The monoisotopic (exact) mass is 270 g/mol. The molecule has 0 heterocycles. The summed E-state index contributed by atoms with van der Waals surface area (Å²) in [6.45, 7) is 6.79. The molecule has 0 aliphatic rings. The number of ether oxygens (including phenoxy) is 1. The number of anilines is 1. The van der Waals surface area contributed by atoms with Gasteiger partial charge >= 0.3 is 0 Å². The minimum atomic E-state index is 0.428. The molecule has 4 heteroatoms. The van der Waals surface area contributed by atoms with Gasteiger partial charge in [-0.1, -0.05) is 11.6 Å². The standard InChI is InChI=1S/C14H23ClN2O/c1-11(2)17(7-8-18-4)14-6-5-13(15)9-12(14)10-16-3/h5-6,9,11,16H,7-8,10H2,1-4H3. The first-order valence-corrected chi connectivity index (χ1v) is 6.66. The number of hydrogen-bond donors (Lipinski definition) is 1. The van der Waals surface area contributed by atoms with E-state index in [1.54, 1.807) is 7.11 Å². The van der Waals surface area contributed by atoms with Gasteiger partial charge in [0.25, 0.3) is 0 Å². The van der Waals surface area contributed by atoms with Gasteiger partial charge in [0.1, 0.15) is 0 Å². The van der Waals surface area contributed by atoms with Crippen LogP contribution in [0.3, 0.4) is 0 Å². The third kappa shape index (κ3) is 4.16. The Kier molecular flexibility index (Phi) is 6.47. The summed E-state index contributed by atoms with van der Waals surface area (Å²) in [6, 6.07) is 6.48. The van der Waals surface area contributed by atoms with Gasteiger partial charge in [0, 0.05) is 37.0 Å². The molecule has 0 aliphatic heterocycles. The molecule has 1 aromatic carbocycles. The lowest BCUT2D eigenvalue weighted by Crippen LogP contribution is -2.34. The summed E-state index contributed by atoms with van der Waals surface area (Å²) in [5.74, 6) is 0. The highest BCUT2D eigenvalue weighted by atomic mass is 35.5.